The van der Waals surface area contributed by atoms with Gasteiger partial charge in [0.1, 0.15) is 5.56 Å². The Morgan fingerprint density at radius 1 is 0.923 bits per heavy atom. The number of hydrogen-bond donors (Lipinski definition) is 2. The molecule has 0 atom stereocenters. The van der Waals surface area contributed by atoms with Crippen LogP contribution in [-0.4, -0.2) is 10.9 Å². The Hall–Kier alpha value is -2.88. The molecule has 2 N–H and O–H groups in total. The van der Waals surface area contributed by atoms with Crippen LogP contribution in [0.4, 0.5) is 5.69 Å². The molecule has 0 spiro atoms. The van der Waals surface area contributed by atoms with Crippen LogP contribution in [0.3, 0.4) is 0 Å². The van der Waals surface area contributed by atoms with Gasteiger partial charge in [-0.2, -0.15) is 0 Å². The number of aromatic amines is 1. The summed E-state index contributed by atoms with van der Waals surface area (Å²) in [5, 5.41) is 3.52. The Bertz CT molecular complexity index is 990. The van der Waals surface area contributed by atoms with Crippen molar-refractivity contribution in [3.05, 3.63) is 75.6 Å². The van der Waals surface area contributed by atoms with Crippen LogP contribution in [0.25, 0.3) is 10.9 Å². The summed E-state index contributed by atoms with van der Waals surface area (Å²) in [7, 11) is 0. The van der Waals surface area contributed by atoms with E-state index in [0.717, 1.165) is 22.3 Å². The lowest BCUT2D eigenvalue weighted by molar-refractivity contribution is 0.102. The Balaban J connectivity index is 2.06. The molecule has 0 aliphatic heterocycles. The second kappa shape index (κ2) is 7.16. The summed E-state index contributed by atoms with van der Waals surface area (Å²) in [6.45, 7) is 8.38. The molecule has 0 bridgehead atoms. The molecule has 0 saturated carbocycles. The van der Waals surface area contributed by atoms with Crippen LogP contribution in [-0.2, 0) is 0 Å². The molecule has 1 amide bonds. The Kier molecular flexibility index (Phi) is 4.94. The number of anilines is 1. The molecule has 0 saturated heterocycles. The van der Waals surface area contributed by atoms with E-state index in [1.165, 1.54) is 6.20 Å². The number of pyridine rings is 1. The first-order valence-electron chi connectivity index (χ1n) is 8.94. The highest BCUT2D eigenvalue weighted by molar-refractivity contribution is 6.06. The van der Waals surface area contributed by atoms with Gasteiger partial charge in [0.05, 0.1) is 0 Å². The monoisotopic (exact) mass is 348 g/mol. The zero-order valence-electron chi connectivity index (χ0n) is 15.6. The van der Waals surface area contributed by atoms with Gasteiger partial charge in [-0.15, -0.1) is 0 Å². The van der Waals surface area contributed by atoms with Crippen molar-refractivity contribution >= 4 is 22.5 Å². The van der Waals surface area contributed by atoms with Crippen LogP contribution >= 0.6 is 0 Å². The number of carbonyl (C=O) groups excluding carboxylic acids is 1. The minimum Gasteiger partial charge on any atom is -0.360 e. The lowest BCUT2D eigenvalue weighted by Crippen LogP contribution is -2.23. The highest BCUT2D eigenvalue weighted by atomic mass is 16.2. The number of H-pyrrole nitrogens is 1. The standard InChI is InChI=1S/C22H24N2O2/c1-13(2)15-9-7-10-16(14(3)4)20(15)24-22(26)18-12-23-19-11-6-5-8-17(19)21(18)25/h5-14H,1-4H3,(H,23,25)(H,24,26). The molecule has 3 aromatic rings. The zero-order chi connectivity index (χ0) is 18.8. The molecule has 0 fully saturated rings. The molecule has 1 heterocycles. The van der Waals surface area contributed by atoms with Crippen molar-refractivity contribution in [2.45, 2.75) is 39.5 Å². The summed E-state index contributed by atoms with van der Waals surface area (Å²) in [5.74, 6) is 0.143. The second-order valence-corrected chi connectivity index (χ2v) is 7.15. The van der Waals surface area contributed by atoms with E-state index < -0.39 is 0 Å². The van der Waals surface area contributed by atoms with Gasteiger partial charge < -0.3 is 10.3 Å². The summed E-state index contributed by atoms with van der Waals surface area (Å²) in [4.78, 5) is 28.7. The molecule has 134 valence electrons. The fraction of sp³-hybridized carbons (Fsp3) is 0.273. The molecule has 4 nitrogen and oxygen atoms in total. The molecule has 0 aliphatic rings. The van der Waals surface area contributed by atoms with Crippen LogP contribution in [0.15, 0.2) is 53.5 Å². The van der Waals surface area contributed by atoms with E-state index in [4.69, 9.17) is 0 Å². The molecule has 2 aromatic carbocycles. The first-order chi connectivity index (χ1) is 12.4. The first-order valence-corrected chi connectivity index (χ1v) is 8.94. The third kappa shape index (κ3) is 3.27. The number of para-hydroxylation sites is 2. The molecule has 1 aromatic heterocycles. The van der Waals surface area contributed by atoms with Crippen molar-refractivity contribution in [1.29, 1.82) is 0 Å². The maximum atomic E-state index is 12.9. The van der Waals surface area contributed by atoms with Gasteiger partial charge in [-0.1, -0.05) is 58.0 Å². The van der Waals surface area contributed by atoms with E-state index in [0.29, 0.717) is 5.39 Å². The van der Waals surface area contributed by atoms with Gasteiger partial charge in [-0.25, -0.2) is 0 Å². The molecule has 0 unspecified atom stereocenters. The van der Waals surface area contributed by atoms with Crippen LogP contribution in [0.5, 0.6) is 0 Å². The van der Waals surface area contributed by atoms with E-state index in [-0.39, 0.29) is 28.7 Å². The summed E-state index contributed by atoms with van der Waals surface area (Å²) < 4.78 is 0. The zero-order valence-corrected chi connectivity index (χ0v) is 15.6. The summed E-state index contributed by atoms with van der Waals surface area (Å²) >= 11 is 0. The van der Waals surface area contributed by atoms with E-state index in [1.807, 2.05) is 30.3 Å². The van der Waals surface area contributed by atoms with Crippen molar-refractivity contribution in [2.24, 2.45) is 0 Å². The first kappa shape index (κ1) is 17.9. The summed E-state index contributed by atoms with van der Waals surface area (Å²) in [6.07, 6.45) is 1.49. The topological polar surface area (TPSA) is 62.0 Å². The van der Waals surface area contributed by atoms with Crippen LogP contribution < -0.4 is 10.7 Å². The predicted molar refractivity (Wildman–Crippen MR) is 107 cm³/mol. The van der Waals surface area contributed by atoms with Crippen molar-refractivity contribution < 1.29 is 4.79 Å². The van der Waals surface area contributed by atoms with E-state index >= 15 is 0 Å². The highest BCUT2D eigenvalue weighted by Crippen LogP contribution is 2.32. The third-order valence-electron chi connectivity index (χ3n) is 4.64. The molecular formula is C22H24N2O2. The Morgan fingerprint density at radius 2 is 1.54 bits per heavy atom. The largest absolute Gasteiger partial charge is 0.360 e. The third-order valence-corrected chi connectivity index (χ3v) is 4.64. The molecular weight excluding hydrogens is 324 g/mol. The van der Waals surface area contributed by atoms with Gasteiger partial charge in [-0.05, 0) is 35.1 Å². The lowest BCUT2D eigenvalue weighted by Gasteiger charge is -2.20. The Morgan fingerprint density at radius 3 is 2.15 bits per heavy atom. The number of aromatic nitrogens is 1. The highest BCUT2D eigenvalue weighted by Gasteiger charge is 2.19. The van der Waals surface area contributed by atoms with Gasteiger partial charge in [0.15, 0.2) is 0 Å². The minimum absolute atomic E-state index is 0.122. The Labute approximate surface area is 153 Å². The number of nitrogens with one attached hydrogen (secondary N) is 2. The number of fused-ring (bicyclic) bond motifs is 1. The molecule has 3 rings (SSSR count). The average Bonchev–Trinajstić information content (AvgIpc) is 2.61. The average molecular weight is 348 g/mol. The van der Waals surface area contributed by atoms with Gasteiger partial charge in [0.25, 0.3) is 5.91 Å². The van der Waals surface area contributed by atoms with Crippen molar-refractivity contribution in [3.8, 4) is 0 Å². The van der Waals surface area contributed by atoms with Crippen LogP contribution in [0.1, 0.15) is 61.0 Å². The van der Waals surface area contributed by atoms with Crippen molar-refractivity contribution in [1.82, 2.24) is 4.98 Å². The second-order valence-electron chi connectivity index (χ2n) is 7.15. The number of carbonyl (C=O) groups is 1. The normalized spacial score (nSPS) is 11.3. The molecule has 0 radical (unpaired) electrons. The van der Waals surface area contributed by atoms with Crippen molar-refractivity contribution in [3.63, 3.8) is 0 Å². The van der Waals surface area contributed by atoms with E-state index in [2.05, 4.69) is 38.0 Å². The van der Waals surface area contributed by atoms with Crippen molar-refractivity contribution in [2.75, 3.05) is 5.32 Å². The van der Waals surface area contributed by atoms with E-state index in [1.54, 1.807) is 12.1 Å². The fourth-order valence-corrected chi connectivity index (χ4v) is 3.21. The molecule has 4 heteroatoms. The van der Waals surface area contributed by atoms with Crippen LogP contribution in [0.2, 0.25) is 0 Å². The number of amides is 1. The fourth-order valence-electron chi connectivity index (χ4n) is 3.21. The summed E-state index contributed by atoms with van der Waals surface area (Å²) in [5.41, 5.74) is 3.54. The van der Waals surface area contributed by atoms with Gasteiger partial charge in [-0.3, -0.25) is 9.59 Å². The lowest BCUT2D eigenvalue weighted by atomic mass is 9.92. The quantitative estimate of drug-likeness (QED) is 0.695. The maximum absolute atomic E-state index is 12.9. The van der Waals surface area contributed by atoms with E-state index in [9.17, 15) is 9.59 Å². The predicted octanol–water partition coefficient (Wildman–Crippen LogP) is 5.03. The van der Waals surface area contributed by atoms with Crippen LogP contribution in [0, 0.1) is 0 Å². The smallest absolute Gasteiger partial charge is 0.261 e. The number of hydrogen-bond acceptors (Lipinski definition) is 2. The SMILES string of the molecule is CC(C)c1cccc(C(C)C)c1NC(=O)c1c[nH]c2ccccc2c1=O. The van der Waals surface area contributed by atoms with Gasteiger partial charge >= 0.3 is 0 Å². The number of benzene rings is 2. The maximum Gasteiger partial charge on any atom is 0.261 e. The number of rotatable bonds is 4. The molecule has 0 aliphatic carbocycles. The van der Waals surface area contributed by atoms with Gasteiger partial charge in [0.2, 0.25) is 5.43 Å². The van der Waals surface area contributed by atoms with Gasteiger partial charge in [0, 0.05) is 22.8 Å². The molecule has 26 heavy (non-hydrogen) atoms. The minimum atomic E-state index is -0.382. The summed E-state index contributed by atoms with van der Waals surface area (Å²) in [6, 6.07) is 13.3.